The second-order valence-electron chi connectivity index (χ2n) is 8.40. The van der Waals surface area contributed by atoms with E-state index in [2.05, 4.69) is 10.3 Å². The van der Waals surface area contributed by atoms with Gasteiger partial charge in [-0.2, -0.15) is 0 Å². The first kappa shape index (κ1) is 24.3. The summed E-state index contributed by atoms with van der Waals surface area (Å²) in [6.07, 6.45) is 0.255. The molecule has 0 unspecified atom stereocenters. The van der Waals surface area contributed by atoms with Gasteiger partial charge in [0.05, 0.1) is 21.5 Å². The fourth-order valence-electron chi connectivity index (χ4n) is 3.25. The van der Waals surface area contributed by atoms with E-state index in [-0.39, 0.29) is 40.3 Å². The molecule has 0 aliphatic heterocycles. The van der Waals surface area contributed by atoms with E-state index in [9.17, 15) is 26.8 Å². The summed E-state index contributed by atoms with van der Waals surface area (Å²) in [6, 6.07) is 6.69. The Bertz CT molecular complexity index is 1380. The summed E-state index contributed by atoms with van der Waals surface area (Å²) >= 11 is 0. The number of ether oxygens (including phenoxy) is 1. The predicted octanol–water partition coefficient (Wildman–Crippen LogP) is 3.13. The maximum atomic E-state index is 13.9. The minimum absolute atomic E-state index is 0.00355. The van der Waals surface area contributed by atoms with Crippen molar-refractivity contribution in [3.8, 4) is 5.69 Å². The molecule has 0 spiro atoms. The summed E-state index contributed by atoms with van der Waals surface area (Å²) in [5.41, 5.74) is -1.58. The smallest absolute Gasteiger partial charge is 0.407 e. The molecule has 0 saturated carbocycles. The van der Waals surface area contributed by atoms with Crippen LogP contribution in [0.1, 0.15) is 26.6 Å². The lowest BCUT2D eigenvalue weighted by Crippen LogP contribution is -2.34. The minimum Gasteiger partial charge on any atom is -0.444 e. The van der Waals surface area contributed by atoms with Crippen molar-refractivity contribution in [1.29, 1.82) is 0 Å². The van der Waals surface area contributed by atoms with Crippen molar-refractivity contribution in [3.63, 3.8) is 0 Å². The van der Waals surface area contributed by atoms with Gasteiger partial charge in [-0.1, -0.05) is 6.07 Å². The molecule has 0 fully saturated rings. The number of fused-ring (bicyclic) bond motifs is 1. The van der Waals surface area contributed by atoms with Crippen molar-refractivity contribution in [3.05, 3.63) is 64.2 Å². The van der Waals surface area contributed by atoms with E-state index in [1.807, 2.05) is 0 Å². The van der Waals surface area contributed by atoms with Crippen molar-refractivity contribution in [1.82, 2.24) is 14.9 Å². The third-order valence-electron chi connectivity index (χ3n) is 4.45. The van der Waals surface area contributed by atoms with Crippen LogP contribution >= 0.6 is 0 Å². The first-order valence-electron chi connectivity index (χ1n) is 9.94. The van der Waals surface area contributed by atoms with Gasteiger partial charge in [0, 0.05) is 25.3 Å². The van der Waals surface area contributed by atoms with Gasteiger partial charge in [0.25, 0.3) is 5.56 Å². The number of amides is 1. The van der Waals surface area contributed by atoms with Crippen LogP contribution in [0.3, 0.4) is 0 Å². The highest BCUT2D eigenvalue weighted by molar-refractivity contribution is 7.91. The van der Waals surface area contributed by atoms with Crippen LogP contribution in [0.2, 0.25) is 0 Å². The monoisotopic (exact) mass is 479 g/mol. The topological polar surface area (TPSA) is 107 Å². The van der Waals surface area contributed by atoms with E-state index in [1.54, 1.807) is 20.8 Å². The van der Waals surface area contributed by atoms with E-state index in [0.29, 0.717) is 6.07 Å². The third kappa shape index (κ3) is 5.72. The second-order valence-corrected chi connectivity index (χ2v) is 10.4. The Morgan fingerprint density at radius 3 is 2.36 bits per heavy atom. The highest BCUT2D eigenvalue weighted by atomic mass is 32.2. The van der Waals surface area contributed by atoms with Gasteiger partial charge in [-0.25, -0.2) is 27.0 Å². The summed E-state index contributed by atoms with van der Waals surface area (Å²) in [7, 11) is -3.80. The first-order valence-corrected chi connectivity index (χ1v) is 11.8. The van der Waals surface area contributed by atoms with E-state index < -0.39 is 38.7 Å². The first-order chi connectivity index (χ1) is 15.3. The molecule has 3 rings (SSSR count). The number of sulfone groups is 1. The van der Waals surface area contributed by atoms with Gasteiger partial charge in [-0.05, 0) is 45.0 Å². The molecule has 0 radical (unpaired) electrons. The van der Waals surface area contributed by atoms with Gasteiger partial charge < -0.3 is 10.1 Å². The Morgan fingerprint density at radius 2 is 1.79 bits per heavy atom. The molecule has 1 N–H and O–H groups in total. The summed E-state index contributed by atoms with van der Waals surface area (Å²) < 4.78 is 58.5. The molecule has 0 atom stereocenters. The summed E-state index contributed by atoms with van der Waals surface area (Å²) in [6.45, 7) is 5.10. The van der Waals surface area contributed by atoms with E-state index >= 15 is 0 Å². The Balaban J connectivity index is 2.16. The fourth-order valence-corrected chi connectivity index (χ4v) is 4.14. The third-order valence-corrected chi connectivity index (χ3v) is 5.59. The Morgan fingerprint density at radius 1 is 1.15 bits per heavy atom. The van der Waals surface area contributed by atoms with E-state index in [1.165, 1.54) is 18.2 Å². The van der Waals surface area contributed by atoms with Crippen molar-refractivity contribution in [2.45, 2.75) is 37.7 Å². The zero-order chi connectivity index (χ0) is 24.6. The number of carbonyl (C=O) groups is 1. The molecule has 3 aromatic rings. The van der Waals surface area contributed by atoms with Gasteiger partial charge in [0.1, 0.15) is 23.1 Å². The number of rotatable bonds is 5. The molecule has 8 nitrogen and oxygen atoms in total. The van der Waals surface area contributed by atoms with Gasteiger partial charge in [-0.3, -0.25) is 9.36 Å². The van der Waals surface area contributed by atoms with E-state index in [0.717, 1.165) is 23.0 Å². The lowest BCUT2D eigenvalue weighted by atomic mass is 10.2. The van der Waals surface area contributed by atoms with E-state index in [4.69, 9.17) is 4.74 Å². The molecule has 0 bridgehead atoms. The normalized spacial score (nSPS) is 12.1. The number of aromatic nitrogens is 2. The molecule has 0 aliphatic carbocycles. The number of hydrogen-bond acceptors (Lipinski definition) is 6. The second kappa shape index (κ2) is 8.89. The van der Waals surface area contributed by atoms with Gasteiger partial charge >= 0.3 is 6.09 Å². The number of hydrogen-bond donors (Lipinski definition) is 1. The zero-order valence-electron chi connectivity index (χ0n) is 18.5. The number of nitrogens with zero attached hydrogens (tertiary/aromatic N) is 2. The quantitative estimate of drug-likeness (QED) is 0.603. The molecule has 1 amide bonds. The molecular formula is C22H23F2N3O5S. The minimum atomic E-state index is -3.80. The van der Waals surface area contributed by atoms with Crippen LogP contribution in [0, 0.1) is 11.6 Å². The summed E-state index contributed by atoms with van der Waals surface area (Å²) in [5.74, 6) is -1.78. The molecule has 33 heavy (non-hydrogen) atoms. The van der Waals surface area contributed by atoms with Gasteiger partial charge in [-0.15, -0.1) is 0 Å². The van der Waals surface area contributed by atoms with Crippen LogP contribution in [0.25, 0.3) is 16.6 Å². The Kier molecular flexibility index (Phi) is 6.55. The van der Waals surface area contributed by atoms with Gasteiger partial charge in [0.15, 0.2) is 9.84 Å². The predicted molar refractivity (Wildman–Crippen MR) is 118 cm³/mol. The van der Waals surface area contributed by atoms with Crippen molar-refractivity contribution >= 4 is 26.8 Å². The Hall–Kier alpha value is -3.34. The SMILES string of the molecule is CC(C)(C)OC(=O)NCCc1nc2cccc(S(C)(=O)=O)c2c(=O)n1-c1cc(F)cc(F)c1. The fraction of sp³-hybridized carbons (Fsp3) is 0.318. The standard InChI is InChI=1S/C22H23F2N3O5S/c1-22(2,3)32-21(29)25-9-8-18-26-16-6-5-7-17(33(4,30)31)19(16)20(28)27(18)15-11-13(23)10-14(24)12-15/h5-7,10-12H,8-9H2,1-4H3,(H,25,29). The van der Waals surface area contributed by atoms with Gasteiger partial charge in [0.2, 0.25) is 0 Å². The lowest BCUT2D eigenvalue weighted by Gasteiger charge is -2.20. The zero-order valence-corrected chi connectivity index (χ0v) is 19.3. The van der Waals surface area contributed by atoms with Crippen LogP contribution < -0.4 is 10.9 Å². The average Bonchev–Trinajstić information content (AvgIpc) is 2.64. The molecule has 0 aliphatic rings. The highest BCUT2D eigenvalue weighted by Gasteiger charge is 2.21. The summed E-state index contributed by atoms with van der Waals surface area (Å²) in [5, 5.41) is 2.33. The molecule has 2 aromatic carbocycles. The number of benzene rings is 2. The number of alkyl carbamates (subject to hydrolysis) is 1. The molecule has 176 valence electrons. The molecule has 11 heteroatoms. The molecule has 1 heterocycles. The number of nitrogens with one attached hydrogen (secondary N) is 1. The average molecular weight is 480 g/mol. The van der Waals surface area contributed by atoms with Crippen LogP contribution in [-0.4, -0.2) is 42.5 Å². The van der Waals surface area contributed by atoms with Crippen LogP contribution in [0.15, 0.2) is 46.1 Å². The maximum Gasteiger partial charge on any atom is 0.407 e. The molecule has 1 aromatic heterocycles. The number of carbonyl (C=O) groups excluding carboxylic acids is 1. The van der Waals surface area contributed by atoms with Crippen molar-refractivity contribution < 1.29 is 26.7 Å². The lowest BCUT2D eigenvalue weighted by molar-refractivity contribution is 0.0528. The maximum absolute atomic E-state index is 13.9. The summed E-state index contributed by atoms with van der Waals surface area (Å²) in [4.78, 5) is 29.5. The molecule has 0 saturated heterocycles. The number of halogens is 2. The van der Waals surface area contributed by atoms with Crippen molar-refractivity contribution in [2.75, 3.05) is 12.8 Å². The van der Waals surface area contributed by atoms with Crippen molar-refractivity contribution in [2.24, 2.45) is 0 Å². The van der Waals surface area contributed by atoms with Crippen LogP contribution in [0.5, 0.6) is 0 Å². The highest BCUT2D eigenvalue weighted by Crippen LogP contribution is 2.21. The Labute approximate surface area is 189 Å². The largest absolute Gasteiger partial charge is 0.444 e. The van der Waals surface area contributed by atoms with Crippen LogP contribution in [-0.2, 0) is 21.0 Å². The van der Waals surface area contributed by atoms with Crippen LogP contribution in [0.4, 0.5) is 13.6 Å². The molecular weight excluding hydrogens is 456 g/mol.